The lowest BCUT2D eigenvalue weighted by Crippen LogP contribution is -2.33. The molecule has 5 nitrogen and oxygen atoms in total. The standard InChI is InChI=1S/C29H19N3O2/c30-19-20-15-17-23(18-16-20)31-27(21-9-3-1-4-10-21)26-24-13-7-8-14-25(24)32(29(26)34)28(33)22-11-5-2-6-12-22/h1-18,31H/b27-26-. The van der Waals surface area contributed by atoms with Crippen LogP contribution in [-0.2, 0) is 4.79 Å². The van der Waals surface area contributed by atoms with Crippen LogP contribution in [0.4, 0.5) is 11.4 Å². The summed E-state index contributed by atoms with van der Waals surface area (Å²) in [6.45, 7) is 0. The van der Waals surface area contributed by atoms with Crippen LogP contribution >= 0.6 is 0 Å². The molecule has 0 radical (unpaired) electrons. The normalized spacial score (nSPS) is 13.7. The van der Waals surface area contributed by atoms with Crippen LogP contribution in [0.5, 0.6) is 0 Å². The first-order valence-electron chi connectivity index (χ1n) is 10.8. The largest absolute Gasteiger partial charge is 0.354 e. The highest BCUT2D eigenvalue weighted by atomic mass is 16.2. The fourth-order valence-corrected chi connectivity index (χ4v) is 4.03. The zero-order valence-corrected chi connectivity index (χ0v) is 18.1. The molecule has 0 bridgehead atoms. The van der Waals surface area contributed by atoms with Crippen molar-refractivity contribution < 1.29 is 9.59 Å². The van der Waals surface area contributed by atoms with Crippen molar-refractivity contribution in [1.82, 2.24) is 0 Å². The highest BCUT2D eigenvalue weighted by Gasteiger charge is 2.39. The smallest absolute Gasteiger partial charge is 0.268 e. The second-order valence-corrected chi connectivity index (χ2v) is 7.76. The number of imide groups is 1. The van der Waals surface area contributed by atoms with Gasteiger partial charge in [0, 0.05) is 16.8 Å². The van der Waals surface area contributed by atoms with Crippen LogP contribution in [0.1, 0.15) is 27.0 Å². The first kappa shape index (κ1) is 20.9. The summed E-state index contributed by atoms with van der Waals surface area (Å²) in [4.78, 5) is 28.5. The average Bonchev–Trinajstić information content (AvgIpc) is 3.19. The van der Waals surface area contributed by atoms with E-state index in [0.29, 0.717) is 33.6 Å². The molecule has 1 aliphatic heterocycles. The second-order valence-electron chi connectivity index (χ2n) is 7.76. The van der Waals surface area contributed by atoms with Crippen molar-refractivity contribution >= 4 is 34.5 Å². The van der Waals surface area contributed by atoms with Crippen LogP contribution < -0.4 is 10.2 Å². The van der Waals surface area contributed by atoms with E-state index < -0.39 is 5.91 Å². The highest BCUT2D eigenvalue weighted by molar-refractivity contribution is 6.45. The summed E-state index contributed by atoms with van der Waals surface area (Å²) < 4.78 is 0. The summed E-state index contributed by atoms with van der Waals surface area (Å²) >= 11 is 0. The summed E-state index contributed by atoms with van der Waals surface area (Å²) in [5, 5.41) is 12.5. The van der Waals surface area contributed by atoms with E-state index in [1.165, 1.54) is 4.90 Å². The third kappa shape index (κ3) is 3.74. The fraction of sp³-hybridized carbons (Fsp3) is 0. The molecule has 5 heteroatoms. The van der Waals surface area contributed by atoms with Gasteiger partial charge in [0.2, 0.25) is 0 Å². The second kappa shape index (κ2) is 8.89. The third-order valence-corrected chi connectivity index (χ3v) is 5.65. The highest BCUT2D eigenvalue weighted by Crippen LogP contribution is 2.41. The van der Waals surface area contributed by atoms with Gasteiger partial charge in [0.25, 0.3) is 11.8 Å². The molecule has 1 aliphatic rings. The van der Waals surface area contributed by atoms with Gasteiger partial charge in [-0.3, -0.25) is 9.59 Å². The predicted octanol–water partition coefficient (Wildman–Crippen LogP) is 5.73. The molecule has 1 N–H and O–H groups in total. The number of anilines is 2. The third-order valence-electron chi connectivity index (χ3n) is 5.65. The number of para-hydroxylation sites is 1. The quantitative estimate of drug-likeness (QED) is 0.324. The molecule has 0 unspecified atom stereocenters. The van der Waals surface area contributed by atoms with E-state index in [4.69, 9.17) is 5.26 Å². The van der Waals surface area contributed by atoms with Crippen molar-refractivity contribution in [3.63, 3.8) is 0 Å². The van der Waals surface area contributed by atoms with Crippen LogP contribution in [0.15, 0.2) is 109 Å². The molecular weight excluding hydrogens is 422 g/mol. The molecule has 1 heterocycles. The minimum absolute atomic E-state index is 0.376. The van der Waals surface area contributed by atoms with Gasteiger partial charge in [0.1, 0.15) is 0 Å². The predicted molar refractivity (Wildman–Crippen MR) is 133 cm³/mol. The molecule has 4 aromatic rings. The number of rotatable bonds is 4. The number of hydrogen-bond donors (Lipinski definition) is 1. The minimum Gasteiger partial charge on any atom is -0.354 e. The lowest BCUT2D eigenvalue weighted by atomic mass is 10.00. The summed E-state index contributed by atoms with van der Waals surface area (Å²) in [7, 11) is 0. The van der Waals surface area contributed by atoms with Gasteiger partial charge < -0.3 is 5.32 Å². The molecule has 5 rings (SSSR count). The van der Waals surface area contributed by atoms with Gasteiger partial charge in [-0.25, -0.2) is 4.90 Å². The molecule has 162 valence electrons. The Labute approximate surface area is 197 Å². The van der Waals surface area contributed by atoms with Crippen LogP contribution in [0.3, 0.4) is 0 Å². The molecule has 0 spiro atoms. The van der Waals surface area contributed by atoms with Gasteiger partial charge in [-0.1, -0.05) is 66.7 Å². The number of nitrogens with zero attached hydrogens (tertiary/aromatic N) is 2. The summed E-state index contributed by atoms with van der Waals surface area (Å²) in [6, 6.07) is 34.7. The summed E-state index contributed by atoms with van der Waals surface area (Å²) in [6.07, 6.45) is 0. The average molecular weight is 441 g/mol. The van der Waals surface area contributed by atoms with Gasteiger partial charge in [-0.05, 0) is 48.0 Å². The molecule has 4 aromatic carbocycles. The van der Waals surface area contributed by atoms with Gasteiger partial charge in [-0.15, -0.1) is 0 Å². The van der Waals surface area contributed by atoms with Crippen LogP contribution in [0.25, 0.3) is 11.3 Å². The number of nitrogens with one attached hydrogen (secondary N) is 1. The van der Waals surface area contributed by atoms with Crippen LogP contribution in [0, 0.1) is 11.3 Å². The van der Waals surface area contributed by atoms with Crippen LogP contribution in [-0.4, -0.2) is 11.8 Å². The monoisotopic (exact) mass is 441 g/mol. The Kier molecular flexibility index (Phi) is 5.47. The van der Waals surface area contributed by atoms with E-state index in [9.17, 15) is 9.59 Å². The van der Waals surface area contributed by atoms with E-state index >= 15 is 0 Å². The Morgan fingerprint density at radius 1 is 0.735 bits per heavy atom. The Morgan fingerprint density at radius 3 is 1.97 bits per heavy atom. The molecule has 34 heavy (non-hydrogen) atoms. The van der Waals surface area contributed by atoms with Crippen molar-refractivity contribution in [2.24, 2.45) is 0 Å². The molecule has 0 saturated heterocycles. The van der Waals surface area contributed by atoms with E-state index in [1.54, 1.807) is 54.6 Å². The number of hydrogen-bond acceptors (Lipinski definition) is 4. The number of amides is 2. The van der Waals surface area contributed by atoms with Gasteiger partial charge in [0.05, 0.1) is 28.6 Å². The first-order chi connectivity index (χ1) is 16.7. The molecule has 0 aliphatic carbocycles. The molecule has 0 atom stereocenters. The number of fused-ring (bicyclic) bond motifs is 1. The van der Waals surface area contributed by atoms with E-state index in [2.05, 4.69) is 11.4 Å². The molecule has 0 fully saturated rings. The summed E-state index contributed by atoms with van der Waals surface area (Å²) in [5.41, 5.74) is 4.74. The number of carbonyl (C=O) groups is 2. The zero-order valence-electron chi connectivity index (χ0n) is 18.1. The summed E-state index contributed by atoms with van der Waals surface area (Å²) in [5.74, 6) is -0.770. The SMILES string of the molecule is N#Cc1ccc(N/C(=C2\C(=O)N(C(=O)c3ccccc3)c3ccccc32)c2ccccc2)cc1. The lowest BCUT2D eigenvalue weighted by molar-refractivity contribution is -0.112. The number of benzene rings is 4. The van der Waals surface area contributed by atoms with E-state index in [-0.39, 0.29) is 5.91 Å². The van der Waals surface area contributed by atoms with Gasteiger partial charge >= 0.3 is 0 Å². The lowest BCUT2D eigenvalue weighted by Gasteiger charge is -2.17. The molecule has 0 saturated carbocycles. The Bertz CT molecular complexity index is 1450. The van der Waals surface area contributed by atoms with Gasteiger partial charge in [-0.2, -0.15) is 5.26 Å². The molecule has 0 aromatic heterocycles. The van der Waals surface area contributed by atoms with Crippen molar-refractivity contribution in [1.29, 1.82) is 5.26 Å². The Hall–Kier alpha value is -4.95. The first-order valence-corrected chi connectivity index (χ1v) is 10.8. The van der Waals surface area contributed by atoms with E-state index in [1.807, 2.05) is 54.6 Å². The number of carbonyl (C=O) groups excluding carboxylic acids is 2. The molecular formula is C29H19N3O2. The molecule has 2 amide bonds. The van der Waals surface area contributed by atoms with Gasteiger partial charge in [0.15, 0.2) is 0 Å². The maximum atomic E-state index is 13.8. The Balaban J connectivity index is 1.68. The van der Waals surface area contributed by atoms with E-state index in [0.717, 1.165) is 11.3 Å². The van der Waals surface area contributed by atoms with Crippen molar-refractivity contribution in [2.45, 2.75) is 0 Å². The van der Waals surface area contributed by atoms with Crippen molar-refractivity contribution in [3.05, 3.63) is 131 Å². The maximum Gasteiger partial charge on any atom is 0.268 e. The number of nitriles is 1. The Morgan fingerprint density at radius 2 is 1.32 bits per heavy atom. The fourth-order valence-electron chi connectivity index (χ4n) is 4.03. The maximum absolute atomic E-state index is 13.8. The van der Waals surface area contributed by atoms with Crippen molar-refractivity contribution in [3.8, 4) is 6.07 Å². The van der Waals surface area contributed by atoms with Crippen molar-refractivity contribution in [2.75, 3.05) is 10.2 Å². The zero-order chi connectivity index (χ0) is 23.5. The van der Waals surface area contributed by atoms with Crippen LogP contribution in [0.2, 0.25) is 0 Å². The topological polar surface area (TPSA) is 73.2 Å². The minimum atomic E-state index is -0.393.